The first kappa shape index (κ1) is 8.75. The molecule has 1 aliphatic rings. The molecule has 0 bridgehead atoms. The zero-order valence-electron chi connectivity index (χ0n) is 7.41. The van der Waals surface area contributed by atoms with Crippen LogP contribution in [0.25, 0.3) is 0 Å². The molecule has 70 valence electrons. The van der Waals surface area contributed by atoms with Crippen LogP contribution in [0.2, 0.25) is 0 Å². The van der Waals surface area contributed by atoms with E-state index >= 15 is 0 Å². The van der Waals surface area contributed by atoms with Crippen LogP contribution in [0, 0.1) is 0 Å². The Labute approximate surface area is 82.8 Å². The van der Waals surface area contributed by atoms with Crippen LogP contribution in [0.15, 0.2) is 12.4 Å². The number of rotatable bonds is 2. The molecular weight excluding hydrogens is 186 g/mol. The van der Waals surface area contributed by atoms with Crippen molar-refractivity contribution in [3.8, 4) is 0 Å². The van der Waals surface area contributed by atoms with Gasteiger partial charge in [-0.25, -0.2) is 4.98 Å². The molecule has 13 heavy (non-hydrogen) atoms. The van der Waals surface area contributed by atoms with Gasteiger partial charge in [0.05, 0.1) is 17.8 Å². The van der Waals surface area contributed by atoms with Crippen LogP contribution in [0.3, 0.4) is 0 Å². The summed E-state index contributed by atoms with van der Waals surface area (Å²) in [6, 6.07) is 0. The molecule has 0 radical (unpaired) electrons. The normalized spacial score (nSPS) is 16.5. The third-order valence-electron chi connectivity index (χ3n) is 2.24. The highest BCUT2D eigenvalue weighted by atomic mass is 35.5. The first-order valence-electron chi connectivity index (χ1n) is 4.52. The number of hydrogen-bond acceptors (Lipinski definition) is 3. The summed E-state index contributed by atoms with van der Waals surface area (Å²) in [6.45, 7) is 2.20. The standard InChI is InChI=1S/C9H12ClN3/c10-5-8-6-11-7-9(12-8)13-3-1-2-4-13/h6-7H,1-5H2. The number of hydrogen-bond donors (Lipinski definition) is 0. The van der Waals surface area contributed by atoms with Gasteiger partial charge in [0.15, 0.2) is 0 Å². The zero-order chi connectivity index (χ0) is 9.10. The maximum absolute atomic E-state index is 5.68. The Kier molecular flexibility index (Phi) is 2.64. The second-order valence-electron chi connectivity index (χ2n) is 3.20. The molecule has 1 aromatic heterocycles. The van der Waals surface area contributed by atoms with Gasteiger partial charge in [0.2, 0.25) is 0 Å². The number of aromatic nitrogens is 2. The minimum Gasteiger partial charge on any atom is -0.355 e. The van der Waals surface area contributed by atoms with Gasteiger partial charge in [0, 0.05) is 19.3 Å². The largest absolute Gasteiger partial charge is 0.355 e. The van der Waals surface area contributed by atoms with Gasteiger partial charge in [-0.15, -0.1) is 11.6 Å². The SMILES string of the molecule is ClCc1cncc(N2CCCC2)n1. The summed E-state index contributed by atoms with van der Waals surface area (Å²) in [7, 11) is 0. The van der Waals surface area contributed by atoms with Crippen molar-refractivity contribution >= 4 is 17.4 Å². The molecule has 0 amide bonds. The van der Waals surface area contributed by atoms with Crippen LogP contribution < -0.4 is 4.90 Å². The van der Waals surface area contributed by atoms with Crippen molar-refractivity contribution < 1.29 is 0 Å². The summed E-state index contributed by atoms with van der Waals surface area (Å²) in [5, 5.41) is 0. The van der Waals surface area contributed by atoms with Crippen molar-refractivity contribution in [2.24, 2.45) is 0 Å². The Morgan fingerprint density at radius 2 is 2.08 bits per heavy atom. The Morgan fingerprint density at radius 1 is 1.31 bits per heavy atom. The lowest BCUT2D eigenvalue weighted by molar-refractivity contribution is 0.913. The highest BCUT2D eigenvalue weighted by Crippen LogP contribution is 2.16. The molecular formula is C9H12ClN3. The predicted molar refractivity (Wildman–Crippen MR) is 53.0 cm³/mol. The molecule has 1 aromatic rings. The molecule has 4 heteroatoms. The van der Waals surface area contributed by atoms with Crippen molar-refractivity contribution in [2.45, 2.75) is 18.7 Å². The molecule has 1 fully saturated rings. The van der Waals surface area contributed by atoms with Crippen molar-refractivity contribution in [3.05, 3.63) is 18.1 Å². The molecule has 0 aliphatic carbocycles. The van der Waals surface area contributed by atoms with Gasteiger partial charge >= 0.3 is 0 Å². The van der Waals surface area contributed by atoms with E-state index in [1.54, 1.807) is 12.4 Å². The van der Waals surface area contributed by atoms with Crippen molar-refractivity contribution in [1.29, 1.82) is 0 Å². The minimum atomic E-state index is 0.439. The molecule has 2 heterocycles. The molecule has 1 saturated heterocycles. The van der Waals surface area contributed by atoms with E-state index in [4.69, 9.17) is 11.6 Å². The van der Waals surface area contributed by atoms with Crippen LogP contribution >= 0.6 is 11.6 Å². The molecule has 3 nitrogen and oxygen atoms in total. The van der Waals surface area contributed by atoms with Crippen LogP contribution in [0.4, 0.5) is 5.82 Å². The molecule has 0 N–H and O–H groups in total. The lowest BCUT2D eigenvalue weighted by Gasteiger charge is -2.15. The summed E-state index contributed by atoms with van der Waals surface area (Å²) in [6.07, 6.45) is 6.04. The van der Waals surface area contributed by atoms with E-state index in [1.165, 1.54) is 12.8 Å². The number of nitrogens with zero attached hydrogens (tertiary/aromatic N) is 3. The first-order valence-corrected chi connectivity index (χ1v) is 5.05. The Morgan fingerprint density at radius 3 is 2.77 bits per heavy atom. The van der Waals surface area contributed by atoms with Crippen LogP contribution in [0.1, 0.15) is 18.5 Å². The van der Waals surface area contributed by atoms with Gasteiger partial charge < -0.3 is 4.90 Å². The average Bonchev–Trinajstić information content (AvgIpc) is 2.71. The highest BCUT2D eigenvalue weighted by molar-refractivity contribution is 6.16. The molecule has 1 aliphatic heterocycles. The lowest BCUT2D eigenvalue weighted by atomic mass is 10.4. The average molecular weight is 198 g/mol. The van der Waals surface area contributed by atoms with Crippen molar-refractivity contribution in [3.63, 3.8) is 0 Å². The maximum Gasteiger partial charge on any atom is 0.147 e. The second-order valence-corrected chi connectivity index (χ2v) is 3.46. The fourth-order valence-electron chi connectivity index (χ4n) is 1.56. The minimum absolute atomic E-state index is 0.439. The van der Waals surface area contributed by atoms with E-state index in [0.29, 0.717) is 5.88 Å². The Hall–Kier alpha value is -0.830. The van der Waals surface area contributed by atoms with E-state index in [9.17, 15) is 0 Å². The number of halogens is 1. The van der Waals surface area contributed by atoms with Crippen molar-refractivity contribution in [2.75, 3.05) is 18.0 Å². The van der Waals surface area contributed by atoms with Gasteiger partial charge in [-0.3, -0.25) is 4.98 Å². The van der Waals surface area contributed by atoms with Gasteiger partial charge in [-0.2, -0.15) is 0 Å². The highest BCUT2D eigenvalue weighted by Gasteiger charge is 2.13. The second kappa shape index (κ2) is 3.92. The quantitative estimate of drug-likeness (QED) is 0.678. The molecule has 0 aromatic carbocycles. The summed E-state index contributed by atoms with van der Waals surface area (Å²) in [4.78, 5) is 10.8. The summed E-state index contributed by atoms with van der Waals surface area (Å²) in [5.41, 5.74) is 0.853. The van der Waals surface area contributed by atoms with E-state index in [0.717, 1.165) is 24.6 Å². The van der Waals surface area contributed by atoms with E-state index in [-0.39, 0.29) is 0 Å². The molecule has 0 saturated carbocycles. The molecule has 0 unspecified atom stereocenters. The third kappa shape index (κ3) is 1.91. The summed E-state index contributed by atoms with van der Waals surface area (Å²) in [5.74, 6) is 1.41. The topological polar surface area (TPSA) is 29.0 Å². The van der Waals surface area contributed by atoms with E-state index < -0.39 is 0 Å². The fraction of sp³-hybridized carbons (Fsp3) is 0.556. The van der Waals surface area contributed by atoms with Gasteiger partial charge in [-0.1, -0.05) is 0 Å². The number of anilines is 1. The first-order chi connectivity index (χ1) is 6.40. The van der Waals surface area contributed by atoms with Crippen LogP contribution in [-0.4, -0.2) is 23.1 Å². The third-order valence-corrected chi connectivity index (χ3v) is 2.51. The maximum atomic E-state index is 5.68. The van der Waals surface area contributed by atoms with E-state index in [2.05, 4.69) is 14.9 Å². The molecule has 0 spiro atoms. The zero-order valence-corrected chi connectivity index (χ0v) is 8.17. The lowest BCUT2D eigenvalue weighted by Crippen LogP contribution is -2.19. The van der Waals surface area contributed by atoms with Gasteiger partial charge in [-0.05, 0) is 12.8 Å². The molecule has 2 rings (SSSR count). The Bertz CT molecular complexity index is 284. The van der Waals surface area contributed by atoms with E-state index in [1.807, 2.05) is 0 Å². The predicted octanol–water partition coefficient (Wildman–Crippen LogP) is 1.82. The van der Waals surface area contributed by atoms with Crippen molar-refractivity contribution in [1.82, 2.24) is 9.97 Å². The summed E-state index contributed by atoms with van der Waals surface area (Å²) < 4.78 is 0. The number of alkyl halides is 1. The van der Waals surface area contributed by atoms with Gasteiger partial charge in [0.1, 0.15) is 5.82 Å². The smallest absolute Gasteiger partial charge is 0.147 e. The van der Waals surface area contributed by atoms with Crippen LogP contribution in [0.5, 0.6) is 0 Å². The Balaban J connectivity index is 2.18. The van der Waals surface area contributed by atoms with Crippen LogP contribution in [-0.2, 0) is 5.88 Å². The fourth-order valence-corrected chi connectivity index (χ4v) is 1.69. The monoisotopic (exact) mass is 197 g/mol. The summed E-state index contributed by atoms with van der Waals surface area (Å²) >= 11 is 5.68. The van der Waals surface area contributed by atoms with Gasteiger partial charge in [0.25, 0.3) is 0 Å². The molecule has 0 atom stereocenters.